The van der Waals surface area contributed by atoms with Crippen molar-refractivity contribution >= 4 is 12.0 Å². The van der Waals surface area contributed by atoms with Gasteiger partial charge >= 0.3 is 0 Å². The molecule has 7 heteroatoms. The van der Waals surface area contributed by atoms with E-state index in [2.05, 4.69) is 41.6 Å². The third-order valence-electron chi connectivity index (χ3n) is 5.88. The van der Waals surface area contributed by atoms with Crippen molar-refractivity contribution in [1.29, 1.82) is 0 Å². The second-order valence-corrected chi connectivity index (χ2v) is 8.54. The SMILES string of the molecule is COCCOc1ccc(C(C)NC(=O)C=Cc2c(C)nn(Cc3ccc(C)cc3)c2C)cc1OC. The van der Waals surface area contributed by atoms with Gasteiger partial charge in [0.05, 0.1) is 32.0 Å². The fourth-order valence-electron chi connectivity index (χ4n) is 3.78. The number of nitrogens with zero attached hydrogens (tertiary/aromatic N) is 2. The molecule has 0 saturated carbocycles. The summed E-state index contributed by atoms with van der Waals surface area (Å²) in [7, 11) is 3.22. The van der Waals surface area contributed by atoms with Crippen LogP contribution in [0.1, 0.15) is 46.6 Å². The Hall–Kier alpha value is -3.58. The molecule has 0 aliphatic rings. The van der Waals surface area contributed by atoms with E-state index in [0.29, 0.717) is 31.3 Å². The zero-order valence-electron chi connectivity index (χ0n) is 21.4. The molecular weight excluding hydrogens is 442 g/mol. The van der Waals surface area contributed by atoms with Crippen LogP contribution in [-0.2, 0) is 16.1 Å². The average molecular weight is 478 g/mol. The maximum Gasteiger partial charge on any atom is 0.244 e. The van der Waals surface area contributed by atoms with Gasteiger partial charge in [-0.2, -0.15) is 5.10 Å². The van der Waals surface area contributed by atoms with Gasteiger partial charge in [-0.15, -0.1) is 0 Å². The average Bonchev–Trinajstić information content (AvgIpc) is 3.11. The predicted octanol–water partition coefficient (Wildman–Crippen LogP) is 4.78. The first kappa shape index (κ1) is 26.0. The fourth-order valence-corrected chi connectivity index (χ4v) is 3.78. The number of nitrogens with one attached hydrogen (secondary N) is 1. The molecule has 7 nitrogen and oxygen atoms in total. The number of aromatic nitrogens is 2. The maximum atomic E-state index is 12.7. The number of amides is 1. The lowest BCUT2D eigenvalue weighted by atomic mass is 10.1. The van der Waals surface area contributed by atoms with Crippen LogP contribution in [0.25, 0.3) is 6.08 Å². The number of benzene rings is 2. The lowest BCUT2D eigenvalue weighted by Crippen LogP contribution is -2.24. The van der Waals surface area contributed by atoms with E-state index >= 15 is 0 Å². The molecule has 35 heavy (non-hydrogen) atoms. The summed E-state index contributed by atoms with van der Waals surface area (Å²) < 4.78 is 18.1. The van der Waals surface area contributed by atoms with Gasteiger partial charge in [0.1, 0.15) is 6.61 Å². The number of hydrogen-bond acceptors (Lipinski definition) is 5. The fraction of sp³-hybridized carbons (Fsp3) is 0.357. The third kappa shape index (κ3) is 6.96. The molecule has 1 unspecified atom stereocenters. The first-order valence-corrected chi connectivity index (χ1v) is 11.7. The van der Waals surface area contributed by atoms with E-state index in [1.807, 2.05) is 49.7 Å². The van der Waals surface area contributed by atoms with E-state index < -0.39 is 0 Å². The Morgan fingerprint density at radius 2 is 1.80 bits per heavy atom. The Bertz CT molecular complexity index is 1170. The first-order chi connectivity index (χ1) is 16.8. The Morgan fingerprint density at radius 1 is 1.06 bits per heavy atom. The minimum atomic E-state index is -0.208. The zero-order chi connectivity index (χ0) is 25.4. The number of aryl methyl sites for hydroxylation is 2. The number of methoxy groups -OCH3 is 2. The summed E-state index contributed by atoms with van der Waals surface area (Å²) in [6.45, 7) is 9.61. The van der Waals surface area contributed by atoms with Gasteiger partial charge in [0, 0.05) is 24.4 Å². The van der Waals surface area contributed by atoms with Gasteiger partial charge < -0.3 is 19.5 Å². The van der Waals surface area contributed by atoms with Gasteiger partial charge in [-0.1, -0.05) is 35.9 Å². The summed E-state index contributed by atoms with van der Waals surface area (Å²) in [6, 6.07) is 13.9. The van der Waals surface area contributed by atoms with E-state index in [1.54, 1.807) is 20.3 Å². The molecule has 0 aliphatic heterocycles. The van der Waals surface area contributed by atoms with Gasteiger partial charge in [0.25, 0.3) is 0 Å². The van der Waals surface area contributed by atoms with Crippen molar-refractivity contribution in [1.82, 2.24) is 15.1 Å². The molecule has 1 atom stereocenters. The minimum Gasteiger partial charge on any atom is -0.493 e. The van der Waals surface area contributed by atoms with Crippen LogP contribution in [0.5, 0.6) is 11.5 Å². The summed E-state index contributed by atoms with van der Waals surface area (Å²) in [4.78, 5) is 12.7. The number of rotatable bonds is 11. The van der Waals surface area contributed by atoms with Crippen molar-refractivity contribution in [2.75, 3.05) is 27.4 Å². The van der Waals surface area contributed by atoms with E-state index in [0.717, 1.165) is 22.5 Å². The second-order valence-electron chi connectivity index (χ2n) is 8.54. The first-order valence-electron chi connectivity index (χ1n) is 11.7. The van der Waals surface area contributed by atoms with Crippen LogP contribution in [0, 0.1) is 20.8 Å². The molecule has 0 aliphatic carbocycles. The van der Waals surface area contributed by atoms with Crippen molar-refractivity contribution in [3.63, 3.8) is 0 Å². The van der Waals surface area contributed by atoms with Gasteiger partial charge in [-0.3, -0.25) is 9.48 Å². The minimum absolute atomic E-state index is 0.179. The van der Waals surface area contributed by atoms with Crippen molar-refractivity contribution < 1.29 is 19.0 Å². The molecule has 0 fully saturated rings. The maximum absolute atomic E-state index is 12.7. The molecule has 0 spiro atoms. The van der Waals surface area contributed by atoms with Crippen molar-refractivity contribution in [2.24, 2.45) is 0 Å². The lowest BCUT2D eigenvalue weighted by molar-refractivity contribution is -0.117. The number of ether oxygens (including phenoxy) is 3. The quantitative estimate of drug-likeness (QED) is 0.318. The Balaban J connectivity index is 1.65. The van der Waals surface area contributed by atoms with E-state index in [9.17, 15) is 4.79 Å². The molecule has 1 heterocycles. The van der Waals surface area contributed by atoms with Gasteiger partial charge in [-0.05, 0) is 57.0 Å². The van der Waals surface area contributed by atoms with Crippen molar-refractivity contribution in [3.8, 4) is 11.5 Å². The molecule has 0 radical (unpaired) electrons. The van der Waals surface area contributed by atoms with Gasteiger partial charge in [-0.25, -0.2) is 0 Å². The highest BCUT2D eigenvalue weighted by Gasteiger charge is 2.13. The molecule has 3 rings (SSSR count). The van der Waals surface area contributed by atoms with Crippen LogP contribution in [0.4, 0.5) is 0 Å². The Kier molecular flexibility index (Phi) is 9.09. The molecule has 2 aromatic carbocycles. The van der Waals surface area contributed by atoms with Crippen LogP contribution >= 0.6 is 0 Å². The molecule has 1 N–H and O–H groups in total. The Labute approximate surface area is 207 Å². The molecule has 0 bridgehead atoms. The molecule has 1 aromatic heterocycles. The lowest BCUT2D eigenvalue weighted by Gasteiger charge is -2.16. The third-order valence-corrected chi connectivity index (χ3v) is 5.88. The second kappa shape index (κ2) is 12.2. The monoisotopic (exact) mass is 477 g/mol. The highest BCUT2D eigenvalue weighted by Crippen LogP contribution is 2.30. The summed E-state index contributed by atoms with van der Waals surface area (Å²) in [6.07, 6.45) is 3.39. The predicted molar refractivity (Wildman–Crippen MR) is 138 cm³/mol. The highest BCUT2D eigenvalue weighted by atomic mass is 16.5. The molecule has 1 amide bonds. The van der Waals surface area contributed by atoms with Crippen LogP contribution in [0.2, 0.25) is 0 Å². The Morgan fingerprint density at radius 3 is 2.49 bits per heavy atom. The number of carbonyl (C=O) groups excluding carboxylic acids is 1. The van der Waals surface area contributed by atoms with Gasteiger partial charge in [0.15, 0.2) is 11.5 Å². The smallest absolute Gasteiger partial charge is 0.244 e. The topological polar surface area (TPSA) is 74.6 Å². The summed E-state index contributed by atoms with van der Waals surface area (Å²) in [5, 5.41) is 7.68. The van der Waals surface area contributed by atoms with Crippen LogP contribution in [0.15, 0.2) is 48.5 Å². The van der Waals surface area contributed by atoms with Crippen LogP contribution in [-0.4, -0.2) is 43.1 Å². The van der Waals surface area contributed by atoms with Crippen molar-refractivity contribution in [2.45, 2.75) is 40.3 Å². The zero-order valence-corrected chi connectivity index (χ0v) is 21.4. The molecule has 0 saturated heterocycles. The van der Waals surface area contributed by atoms with Crippen molar-refractivity contribution in [3.05, 3.63) is 82.2 Å². The highest BCUT2D eigenvalue weighted by molar-refractivity contribution is 5.92. The van der Waals surface area contributed by atoms with Crippen LogP contribution < -0.4 is 14.8 Å². The van der Waals surface area contributed by atoms with Crippen LogP contribution in [0.3, 0.4) is 0 Å². The molecular formula is C28H35N3O4. The molecule has 186 valence electrons. The van der Waals surface area contributed by atoms with E-state index in [-0.39, 0.29) is 11.9 Å². The van der Waals surface area contributed by atoms with E-state index in [4.69, 9.17) is 14.2 Å². The normalized spacial score (nSPS) is 12.1. The largest absolute Gasteiger partial charge is 0.493 e. The standard InChI is InChI=1S/C28H35N3O4/c1-19-7-9-23(10-8-19)18-31-22(4)25(21(3)30-31)12-14-28(32)29-20(2)24-11-13-26(27(17-24)34-6)35-16-15-33-5/h7-14,17,20H,15-16,18H2,1-6H3,(H,29,32). The molecule has 3 aromatic rings. The van der Waals surface area contributed by atoms with Gasteiger partial charge in [0.2, 0.25) is 5.91 Å². The number of hydrogen-bond donors (Lipinski definition) is 1. The summed E-state index contributed by atoms with van der Waals surface area (Å²) in [5.74, 6) is 1.07. The van der Waals surface area contributed by atoms with E-state index in [1.165, 1.54) is 11.1 Å². The number of carbonyl (C=O) groups is 1. The summed E-state index contributed by atoms with van der Waals surface area (Å²) in [5.41, 5.74) is 6.21. The summed E-state index contributed by atoms with van der Waals surface area (Å²) >= 11 is 0.